The Labute approximate surface area is 180 Å². The number of rotatable bonds is 7. The van der Waals surface area contributed by atoms with E-state index in [1.54, 1.807) is 6.20 Å². The fourth-order valence-electron chi connectivity index (χ4n) is 3.91. The molecule has 0 radical (unpaired) electrons. The van der Waals surface area contributed by atoms with Gasteiger partial charge in [-0.3, -0.25) is 14.6 Å². The van der Waals surface area contributed by atoms with Gasteiger partial charge in [0.1, 0.15) is 9.34 Å². The van der Waals surface area contributed by atoms with Crippen molar-refractivity contribution in [3.05, 3.63) is 87.3 Å². The number of ketones is 1. The van der Waals surface area contributed by atoms with Crippen molar-refractivity contribution >= 4 is 28.7 Å². The number of piperazine rings is 1. The second-order valence-corrected chi connectivity index (χ2v) is 9.06. The van der Waals surface area contributed by atoms with Gasteiger partial charge in [0.15, 0.2) is 5.78 Å². The number of carbonyl (C=O) groups excluding carboxylic acids is 1. The van der Waals surface area contributed by atoms with E-state index in [0.29, 0.717) is 17.3 Å². The summed E-state index contributed by atoms with van der Waals surface area (Å²) in [6, 6.07) is 21.6. The molecule has 1 saturated heterocycles. The zero-order valence-electron chi connectivity index (χ0n) is 16.2. The largest absolute Gasteiger partial charge is 0.298 e. The van der Waals surface area contributed by atoms with Crippen molar-refractivity contribution in [3.8, 4) is 0 Å². The summed E-state index contributed by atoms with van der Waals surface area (Å²) < 4.78 is 0.634. The second kappa shape index (κ2) is 9.63. The van der Waals surface area contributed by atoms with Gasteiger partial charge < -0.3 is 0 Å². The van der Waals surface area contributed by atoms with Crippen molar-refractivity contribution in [2.75, 3.05) is 32.7 Å². The molecule has 1 aliphatic heterocycles. The molecule has 0 N–H and O–H groups in total. The third-order valence-corrected chi connectivity index (χ3v) is 6.39. The van der Waals surface area contributed by atoms with Crippen LogP contribution in [0.2, 0.25) is 4.34 Å². The molecule has 1 aromatic heterocycles. The molecule has 0 aliphatic carbocycles. The smallest absolute Gasteiger partial charge is 0.153 e. The van der Waals surface area contributed by atoms with E-state index in [9.17, 15) is 4.79 Å². The first-order valence-corrected chi connectivity index (χ1v) is 11.1. The van der Waals surface area contributed by atoms with Crippen LogP contribution in [0.15, 0.2) is 66.9 Å². The first kappa shape index (κ1) is 20.2. The molecule has 0 amide bonds. The van der Waals surface area contributed by atoms with Crippen molar-refractivity contribution in [2.24, 2.45) is 0 Å². The molecule has 4 nitrogen and oxygen atoms in total. The molecule has 3 aromatic rings. The molecule has 2 aromatic carbocycles. The Kier molecular flexibility index (Phi) is 6.72. The molecular formula is C23H24ClN3OS. The van der Waals surface area contributed by atoms with Gasteiger partial charge >= 0.3 is 0 Å². The van der Waals surface area contributed by atoms with Gasteiger partial charge in [-0.15, -0.1) is 11.3 Å². The van der Waals surface area contributed by atoms with Crippen LogP contribution in [0.3, 0.4) is 0 Å². The predicted octanol–water partition coefficient (Wildman–Crippen LogP) is 4.32. The van der Waals surface area contributed by atoms with E-state index in [2.05, 4.69) is 75.4 Å². The third-order valence-electron chi connectivity index (χ3n) is 5.28. The molecule has 0 saturated carbocycles. The summed E-state index contributed by atoms with van der Waals surface area (Å²) in [7, 11) is 0. The Hall–Kier alpha value is -2.05. The average molecular weight is 426 g/mol. The Morgan fingerprint density at radius 2 is 1.55 bits per heavy atom. The van der Waals surface area contributed by atoms with E-state index in [-0.39, 0.29) is 11.8 Å². The predicted molar refractivity (Wildman–Crippen MR) is 119 cm³/mol. The summed E-state index contributed by atoms with van der Waals surface area (Å²) in [6.45, 7) is 4.13. The van der Waals surface area contributed by atoms with Crippen LogP contribution < -0.4 is 0 Å². The molecule has 0 unspecified atom stereocenters. The van der Waals surface area contributed by atoms with Gasteiger partial charge in [-0.2, -0.15) is 0 Å². The van der Waals surface area contributed by atoms with Gasteiger partial charge in [-0.25, -0.2) is 4.98 Å². The number of hydrogen-bond acceptors (Lipinski definition) is 5. The first-order valence-electron chi connectivity index (χ1n) is 9.87. The van der Waals surface area contributed by atoms with E-state index in [4.69, 9.17) is 11.6 Å². The number of Topliss-reactive ketones (excluding diaryl/α,β-unsaturated/α-hetero) is 1. The van der Waals surface area contributed by atoms with Crippen LogP contribution >= 0.6 is 22.9 Å². The highest BCUT2D eigenvalue weighted by atomic mass is 35.5. The number of nitrogens with zero attached hydrogens (tertiary/aromatic N) is 3. The summed E-state index contributed by atoms with van der Waals surface area (Å²) in [4.78, 5) is 21.4. The minimum Gasteiger partial charge on any atom is -0.298 e. The topological polar surface area (TPSA) is 36.4 Å². The van der Waals surface area contributed by atoms with E-state index < -0.39 is 0 Å². The van der Waals surface area contributed by atoms with Crippen LogP contribution in [-0.2, 0) is 11.2 Å². The Bertz CT molecular complexity index is 884. The summed E-state index contributed by atoms with van der Waals surface area (Å²) in [5, 5.41) is 0.798. The molecule has 0 bridgehead atoms. The van der Waals surface area contributed by atoms with Gasteiger partial charge in [0.2, 0.25) is 0 Å². The number of carbonyl (C=O) groups is 1. The highest BCUT2D eigenvalue weighted by Crippen LogP contribution is 2.29. The Balaban J connectivity index is 1.38. The monoisotopic (exact) mass is 425 g/mol. The number of benzene rings is 2. The SMILES string of the molecule is O=C(Cc1ncc(Cl)s1)CN1CCN(C(c2ccccc2)c2ccccc2)CC1. The zero-order chi connectivity index (χ0) is 20.1. The van der Waals surface area contributed by atoms with Crippen molar-refractivity contribution in [1.82, 2.24) is 14.8 Å². The van der Waals surface area contributed by atoms with Crippen LogP contribution in [0, 0.1) is 0 Å². The third kappa shape index (κ3) is 5.31. The summed E-state index contributed by atoms with van der Waals surface area (Å²) in [5.41, 5.74) is 2.62. The molecule has 0 atom stereocenters. The van der Waals surface area contributed by atoms with E-state index in [1.807, 2.05) is 0 Å². The molecule has 1 aliphatic rings. The molecule has 1 fully saturated rings. The van der Waals surface area contributed by atoms with Gasteiger partial charge in [0.05, 0.1) is 25.2 Å². The van der Waals surface area contributed by atoms with Crippen LogP contribution in [0.1, 0.15) is 22.2 Å². The van der Waals surface area contributed by atoms with Crippen molar-refractivity contribution in [2.45, 2.75) is 12.5 Å². The lowest BCUT2D eigenvalue weighted by molar-refractivity contribution is -0.120. The lowest BCUT2D eigenvalue weighted by Crippen LogP contribution is -2.49. The Morgan fingerprint density at radius 1 is 0.966 bits per heavy atom. The molecule has 6 heteroatoms. The summed E-state index contributed by atoms with van der Waals surface area (Å²) >= 11 is 7.30. The number of hydrogen-bond donors (Lipinski definition) is 0. The quantitative estimate of drug-likeness (QED) is 0.565. The lowest BCUT2D eigenvalue weighted by atomic mass is 9.96. The average Bonchev–Trinajstić information content (AvgIpc) is 3.15. The number of halogens is 1. The van der Waals surface area contributed by atoms with Gasteiger partial charge in [0.25, 0.3) is 0 Å². The van der Waals surface area contributed by atoms with E-state index in [1.165, 1.54) is 22.5 Å². The van der Waals surface area contributed by atoms with Gasteiger partial charge in [-0.05, 0) is 11.1 Å². The van der Waals surface area contributed by atoms with E-state index >= 15 is 0 Å². The van der Waals surface area contributed by atoms with Crippen molar-refractivity contribution in [1.29, 1.82) is 0 Å². The number of aromatic nitrogens is 1. The van der Waals surface area contributed by atoms with Gasteiger partial charge in [-0.1, -0.05) is 72.3 Å². The lowest BCUT2D eigenvalue weighted by Gasteiger charge is -2.39. The van der Waals surface area contributed by atoms with Crippen molar-refractivity contribution in [3.63, 3.8) is 0 Å². The zero-order valence-corrected chi connectivity index (χ0v) is 17.8. The molecule has 2 heterocycles. The molecule has 4 rings (SSSR count). The van der Waals surface area contributed by atoms with Crippen LogP contribution in [0.4, 0.5) is 0 Å². The van der Waals surface area contributed by atoms with Gasteiger partial charge in [0, 0.05) is 26.2 Å². The van der Waals surface area contributed by atoms with Crippen molar-refractivity contribution < 1.29 is 4.79 Å². The first-order chi connectivity index (χ1) is 14.2. The standard InChI is InChI=1S/C23H24ClN3OS/c24-21-16-25-22(29-21)15-20(28)17-26-11-13-27(14-12-26)23(18-7-3-1-4-8-18)19-9-5-2-6-10-19/h1-10,16,23H,11-15,17H2. The maximum absolute atomic E-state index is 12.4. The fourth-order valence-corrected chi connectivity index (χ4v) is 4.89. The van der Waals surface area contributed by atoms with Crippen LogP contribution in [-0.4, -0.2) is 53.3 Å². The highest BCUT2D eigenvalue weighted by molar-refractivity contribution is 7.15. The maximum atomic E-state index is 12.4. The summed E-state index contributed by atoms with van der Waals surface area (Å²) in [6.07, 6.45) is 1.98. The van der Waals surface area contributed by atoms with E-state index in [0.717, 1.165) is 31.2 Å². The van der Waals surface area contributed by atoms with Crippen LogP contribution in [0.5, 0.6) is 0 Å². The minimum absolute atomic E-state index is 0.201. The second-order valence-electron chi connectivity index (χ2n) is 7.31. The molecule has 150 valence electrons. The Morgan fingerprint density at radius 3 is 2.07 bits per heavy atom. The maximum Gasteiger partial charge on any atom is 0.153 e. The normalized spacial score (nSPS) is 15.7. The molecule has 0 spiro atoms. The summed E-state index contributed by atoms with van der Waals surface area (Å²) in [5.74, 6) is 0.201. The minimum atomic E-state index is 0.201. The highest BCUT2D eigenvalue weighted by Gasteiger charge is 2.27. The fraction of sp³-hybridized carbons (Fsp3) is 0.304. The number of thiazole rings is 1. The molecule has 29 heavy (non-hydrogen) atoms. The van der Waals surface area contributed by atoms with Crippen LogP contribution in [0.25, 0.3) is 0 Å². The molecular weight excluding hydrogens is 402 g/mol.